The third kappa shape index (κ3) is 3.14. The highest BCUT2D eigenvalue weighted by atomic mass is 35.5. The van der Waals surface area contributed by atoms with Crippen LogP contribution in [0.15, 0.2) is 18.2 Å². The molecule has 0 spiro atoms. The number of nitrogens with zero attached hydrogens (tertiary/aromatic N) is 1. The number of rotatable bonds is 3. The fourth-order valence-electron chi connectivity index (χ4n) is 2.05. The summed E-state index contributed by atoms with van der Waals surface area (Å²) in [6.07, 6.45) is 0. The molecule has 19 heavy (non-hydrogen) atoms. The fraction of sp³-hybridized carbons (Fsp3) is 0.462. The Hall–Kier alpha value is -0.970. The molecule has 4 nitrogen and oxygen atoms in total. The van der Waals surface area contributed by atoms with Gasteiger partial charge in [0.05, 0.1) is 31.9 Å². The second kappa shape index (κ2) is 6.46. The van der Waals surface area contributed by atoms with Crippen LogP contribution in [-0.2, 0) is 4.74 Å². The zero-order chi connectivity index (χ0) is 13.8. The molecule has 6 heteroatoms. The van der Waals surface area contributed by atoms with E-state index in [2.05, 4.69) is 0 Å². The molecule has 1 heterocycles. The molecule has 1 aromatic rings. The van der Waals surface area contributed by atoms with Crippen molar-refractivity contribution in [1.29, 1.82) is 0 Å². The van der Waals surface area contributed by atoms with Crippen LogP contribution >= 0.6 is 23.2 Å². The normalized spacial score (nSPS) is 19.3. The minimum absolute atomic E-state index is 0.119. The van der Waals surface area contributed by atoms with Crippen molar-refractivity contribution in [2.75, 3.05) is 32.7 Å². The number of carbonyl (C=O) groups is 1. The maximum absolute atomic E-state index is 12.6. The first-order valence-electron chi connectivity index (χ1n) is 5.95. The molecule has 0 radical (unpaired) electrons. The van der Waals surface area contributed by atoms with Crippen LogP contribution in [0.25, 0.3) is 0 Å². The van der Waals surface area contributed by atoms with Crippen LogP contribution in [0, 0.1) is 0 Å². The third-order valence-electron chi connectivity index (χ3n) is 3.06. The number of halogens is 2. The molecule has 104 valence electrons. The molecular weight excluding hydrogens is 289 g/mol. The maximum atomic E-state index is 12.6. The van der Waals surface area contributed by atoms with Crippen molar-refractivity contribution in [1.82, 2.24) is 4.90 Å². The number of hydrogen-bond acceptors (Lipinski definition) is 3. The van der Waals surface area contributed by atoms with Gasteiger partial charge in [-0.1, -0.05) is 11.6 Å². The molecule has 0 aromatic heterocycles. The number of ether oxygens (including phenoxy) is 2. The molecule has 0 aliphatic carbocycles. The monoisotopic (exact) mass is 303 g/mol. The van der Waals surface area contributed by atoms with Gasteiger partial charge >= 0.3 is 0 Å². The SMILES string of the molecule is COc1ccc(Cl)cc1C(=O)N1CCOCC1CCl. The largest absolute Gasteiger partial charge is 0.496 e. The summed E-state index contributed by atoms with van der Waals surface area (Å²) in [5.41, 5.74) is 0.451. The second-order valence-electron chi connectivity index (χ2n) is 4.23. The molecule has 1 amide bonds. The molecule has 1 atom stereocenters. The zero-order valence-corrected chi connectivity index (χ0v) is 12.1. The first-order chi connectivity index (χ1) is 9.17. The Morgan fingerprint density at radius 3 is 3.05 bits per heavy atom. The van der Waals surface area contributed by atoms with Crippen LogP contribution in [0.5, 0.6) is 5.75 Å². The summed E-state index contributed by atoms with van der Waals surface area (Å²) in [6, 6.07) is 4.87. The predicted octanol–water partition coefficient (Wildman–Crippen LogP) is 2.43. The minimum atomic E-state index is -0.131. The van der Waals surface area contributed by atoms with Crippen LogP contribution in [0.4, 0.5) is 0 Å². The molecule has 1 saturated heterocycles. The zero-order valence-electron chi connectivity index (χ0n) is 10.6. The van der Waals surface area contributed by atoms with Gasteiger partial charge in [-0.15, -0.1) is 11.6 Å². The van der Waals surface area contributed by atoms with Crippen molar-refractivity contribution in [3.8, 4) is 5.75 Å². The van der Waals surface area contributed by atoms with Crippen LogP contribution < -0.4 is 4.74 Å². The van der Waals surface area contributed by atoms with Crippen molar-refractivity contribution in [2.45, 2.75) is 6.04 Å². The number of amides is 1. The van der Waals surface area contributed by atoms with Gasteiger partial charge in [0, 0.05) is 17.4 Å². The van der Waals surface area contributed by atoms with Crippen molar-refractivity contribution >= 4 is 29.1 Å². The lowest BCUT2D eigenvalue weighted by molar-refractivity contribution is 0.00441. The molecule has 2 rings (SSSR count). The molecule has 1 aliphatic heterocycles. The van der Waals surface area contributed by atoms with Crippen molar-refractivity contribution in [3.05, 3.63) is 28.8 Å². The Labute approximate surface area is 122 Å². The van der Waals surface area contributed by atoms with Gasteiger partial charge in [-0.25, -0.2) is 0 Å². The van der Waals surface area contributed by atoms with Gasteiger partial charge in [-0.3, -0.25) is 4.79 Å². The molecule has 0 bridgehead atoms. The average Bonchev–Trinajstić information content (AvgIpc) is 2.46. The summed E-state index contributed by atoms with van der Waals surface area (Å²) in [6.45, 7) is 1.49. The van der Waals surface area contributed by atoms with Crippen LogP contribution in [-0.4, -0.2) is 49.6 Å². The summed E-state index contributed by atoms with van der Waals surface area (Å²) in [5, 5.41) is 0.500. The highest BCUT2D eigenvalue weighted by Gasteiger charge is 2.29. The van der Waals surface area contributed by atoms with Gasteiger partial charge in [-0.2, -0.15) is 0 Å². The fourth-order valence-corrected chi connectivity index (χ4v) is 2.48. The molecule has 1 unspecified atom stereocenters. The molecular formula is C13H15Cl2NO3. The van der Waals surface area contributed by atoms with Gasteiger partial charge in [0.15, 0.2) is 0 Å². The van der Waals surface area contributed by atoms with E-state index >= 15 is 0 Å². The van der Waals surface area contributed by atoms with Crippen molar-refractivity contribution in [3.63, 3.8) is 0 Å². The van der Waals surface area contributed by atoms with E-state index in [-0.39, 0.29) is 11.9 Å². The van der Waals surface area contributed by atoms with Crippen molar-refractivity contribution < 1.29 is 14.3 Å². The molecule has 0 N–H and O–H groups in total. The third-order valence-corrected chi connectivity index (χ3v) is 3.65. The molecule has 1 fully saturated rings. The number of methoxy groups -OCH3 is 1. The topological polar surface area (TPSA) is 38.8 Å². The lowest BCUT2D eigenvalue weighted by atomic mass is 10.1. The highest BCUT2D eigenvalue weighted by molar-refractivity contribution is 6.31. The average molecular weight is 304 g/mol. The van der Waals surface area contributed by atoms with E-state index in [1.807, 2.05) is 0 Å². The van der Waals surface area contributed by atoms with Gasteiger partial charge in [0.1, 0.15) is 5.75 Å². The summed E-state index contributed by atoms with van der Waals surface area (Å²) < 4.78 is 10.5. The van der Waals surface area contributed by atoms with Gasteiger partial charge in [0.2, 0.25) is 0 Å². The number of morpholine rings is 1. The van der Waals surface area contributed by atoms with E-state index in [1.165, 1.54) is 7.11 Å². The Balaban J connectivity index is 2.29. The highest BCUT2D eigenvalue weighted by Crippen LogP contribution is 2.25. The summed E-state index contributed by atoms with van der Waals surface area (Å²) in [5.74, 6) is 0.719. The van der Waals surface area contributed by atoms with E-state index in [1.54, 1.807) is 23.1 Å². The van der Waals surface area contributed by atoms with E-state index in [9.17, 15) is 4.79 Å². The Bertz CT molecular complexity index is 467. The predicted molar refractivity (Wildman–Crippen MR) is 74.4 cm³/mol. The van der Waals surface area contributed by atoms with Crippen molar-refractivity contribution in [2.24, 2.45) is 0 Å². The summed E-state index contributed by atoms with van der Waals surface area (Å²) in [7, 11) is 1.53. The van der Waals surface area contributed by atoms with Crippen LogP contribution in [0.2, 0.25) is 5.02 Å². The Morgan fingerprint density at radius 1 is 1.58 bits per heavy atom. The summed E-state index contributed by atoms with van der Waals surface area (Å²) >= 11 is 11.8. The first-order valence-corrected chi connectivity index (χ1v) is 6.87. The number of alkyl halides is 1. The van der Waals surface area contributed by atoms with Crippen LogP contribution in [0.1, 0.15) is 10.4 Å². The van der Waals surface area contributed by atoms with Gasteiger partial charge in [0.25, 0.3) is 5.91 Å². The lowest BCUT2D eigenvalue weighted by Gasteiger charge is -2.34. The van der Waals surface area contributed by atoms with Crippen LogP contribution in [0.3, 0.4) is 0 Å². The first kappa shape index (κ1) is 14.4. The maximum Gasteiger partial charge on any atom is 0.258 e. The number of benzene rings is 1. The molecule has 1 aromatic carbocycles. The lowest BCUT2D eigenvalue weighted by Crippen LogP contribution is -2.49. The van der Waals surface area contributed by atoms with E-state index < -0.39 is 0 Å². The van der Waals surface area contributed by atoms with E-state index in [0.29, 0.717) is 42.0 Å². The Morgan fingerprint density at radius 2 is 2.37 bits per heavy atom. The number of hydrogen-bond donors (Lipinski definition) is 0. The van der Waals surface area contributed by atoms with Gasteiger partial charge < -0.3 is 14.4 Å². The standard InChI is InChI=1S/C13H15Cl2NO3/c1-18-12-3-2-9(15)6-11(12)13(17)16-4-5-19-8-10(16)7-14/h2-3,6,10H,4-5,7-8H2,1H3. The summed E-state index contributed by atoms with van der Waals surface area (Å²) in [4.78, 5) is 14.3. The van der Waals surface area contributed by atoms with Gasteiger partial charge in [-0.05, 0) is 18.2 Å². The second-order valence-corrected chi connectivity index (χ2v) is 4.97. The number of carbonyl (C=O) groups excluding carboxylic acids is 1. The molecule has 0 saturated carbocycles. The smallest absolute Gasteiger partial charge is 0.258 e. The quantitative estimate of drug-likeness (QED) is 0.805. The Kier molecular flexibility index (Phi) is 4.91. The minimum Gasteiger partial charge on any atom is -0.496 e. The van der Waals surface area contributed by atoms with E-state index in [4.69, 9.17) is 32.7 Å². The van der Waals surface area contributed by atoms with E-state index in [0.717, 1.165) is 0 Å². The molecule has 1 aliphatic rings.